The molecule has 1 aromatic carbocycles. The number of nitrogens with zero attached hydrogens (tertiary/aromatic N) is 2. The van der Waals surface area contributed by atoms with Crippen molar-refractivity contribution in [3.63, 3.8) is 0 Å². The smallest absolute Gasteiger partial charge is 0.236 e. The van der Waals surface area contributed by atoms with E-state index in [0.717, 1.165) is 5.56 Å². The second-order valence-electron chi connectivity index (χ2n) is 4.36. The minimum atomic E-state index is -0.448. The Morgan fingerprint density at radius 3 is 2.65 bits per heavy atom. The molecular formula is C13H14F2N2. The van der Waals surface area contributed by atoms with Gasteiger partial charge < -0.3 is 0 Å². The van der Waals surface area contributed by atoms with Crippen LogP contribution in [0.4, 0.5) is 8.78 Å². The summed E-state index contributed by atoms with van der Waals surface area (Å²) in [5, 5.41) is 3.78. The van der Waals surface area contributed by atoms with Crippen LogP contribution in [0.3, 0.4) is 0 Å². The third kappa shape index (κ3) is 2.70. The van der Waals surface area contributed by atoms with Gasteiger partial charge in [-0.25, -0.2) is 4.39 Å². The second-order valence-corrected chi connectivity index (χ2v) is 4.36. The average molecular weight is 236 g/mol. The van der Waals surface area contributed by atoms with Crippen molar-refractivity contribution in [2.75, 3.05) is 0 Å². The van der Waals surface area contributed by atoms with Gasteiger partial charge in [0.15, 0.2) is 0 Å². The van der Waals surface area contributed by atoms with Crippen molar-refractivity contribution < 1.29 is 8.78 Å². The van der Waals surface area contributed by atoms with Gasteiger partial charge in [-0.2, -0.15) is 4.39 Å². The normalized spacial score (nSPS) is 11.1. The molecule has 2 aromatic rings. The number of rotatable bonds is 3. The largest absolute Gasteiger partial charge is 0.265 e. The zero-order valence-corrected chi connectivity index (χ0v) is 9.82. The summed E-state index contributed by atoms with van der Waals surface area (Å²) in [5.41, 5.74) is 1.35. The van der Waals surface area contributed by atoms with Crippen LogP contribution in [-0.4, -0.2) is 9.78 Å². The summed E-state index contributed by atoms with van der Waals surface area (Å²) >= 11 is 0. The monoisotopic (exact) mass is 236 g/mol. The highest BCUT2D eigenvalue weighted by Gasteiger charge is 2.11. The molecule has 0 amide bonds. The van der Waals surface area contributed by atoms with Gasteiger partial charge in [0.1, 0.15) is 5.82 Å². The third-order valence-corrected chi connectivity index (χ3v) is 2.60. The summed E-state index contributed by atoms with van der Waals surface area (Å²) < 4.78 is 27.9. The van der Waals surface area contributed by atoms with E-state index in [1.165, 1.54) is 16.8 Å². The summed E-state index contributed by atoms with van der Waals surface area (Å²) in [5.74, 6) is -0.646. The molecule has 0 aliphatic heterocycles. The maximum Gasteiger partial charge on any atom is 0.236 e. The number of hydrogen-bond acceptors (Lipinski definition) is 1. The summed E-state index contributed by atoms with van der Waals surface area (Å²) in [4.78, 5) is 0. The van der Waals surface area contributed by atoms with Crippen molar-refractivity contribution in [3.05, 3.63) is 53.4 Å². The van der Waals surface area contributed by atoms with Crippen LogP contribution >= 0.6 is 0 Å². The molecule has 0 atom stereocenters. The lowest BCUT2D eigenvalue weighted by molar-refractivity contribution is 0.529. The quantitative estimate of drug-likeness (QED) is 0.799. The van der Waals surface area contributed by atoms with Gasteiger partial charge in [0, 0.05) is 11.8 Å². The topological polar surface area (TPSA) is 17.8 Å². The summed E-state index contributed by atoms with van der Waals surface area (Å²) in [6, 6.07) is 6.23. The molecule has 2 nitrogen and oxygen atoms in total. The number of hydrogen-bond donors (Lipinski definition) is 0. The first kappa shape index (κ1) is 11.8. The molecule has 0 bridgehead atoms. The molecule has 0 saturated heterocycles. The zero-order valence-electron chi connectivity index (χ0n) is 9.82. The molecule has 17 heavy (non-hydrogen) atoms. The number of aromatic nitrogens is 2. The van der Waals surface area contributed by atoms with E-state index in [1.54, 1.807) is 18.3 Å². The van der Waals surface area contributed by atoms with Gasteiger partial charge in [-0.1, -0.05) is 26.0 Å². The molecule has 0 fully saturated rings. The molecule has 0 saturated carbocycles. The minimum Gasteiger partial charge on any atom is -0.265 e. The van der Waals surface area contributed by atoms with Crippen molar-refractivity contribution in [1.82, 2.24) is 9.78 Å². The van der Waals surface area contributed by atoms with Crippen LogP contribution in [0.1, 0.15) is 30.9 Å². The molecule has 1 heterocycles. The van der Waals surface area contributed by atoms with Gasteiger partial charge in [-0.3, -0.25) is 4.68 Å². The lowest BCUT2D eigenvalue weighted by Crippen LogP contribution is -2.00. The van der Waals surface area contributed by atoms with Crippen molar-refractivity contribution >= 4 is 0 Å². The van der Waals surface area contributed by atoms with Crippen LogP contribution in [0.2, 0.25) is 0 Å². The predicted octanol–water partition coefficient (Wildman–Crippen LogP) is 3.33. The van der Waals surface area contributed by atoms with E-state index in [2.05, 4.69) is 5.10 Å². The highest BCUT2D eigenvalue weighted by molar-refractivity contribution is 5.18. The fourth-order valence-electron chi connectivity index (χ4n) is 1.70. The standard InChI is InChI=1S/C13H14F2N2/c1-9(2)12-8-17(16-13(12)15)7-10-4-3-5-11(14)6-10/h3-6,8-9H,7H2,1-2H3. The van der Waals surface area contributed by atoms with Crippen LogP contribution in [0.15, 0.2) is 30.5 Å². The Bertz CT molecular complexity index is 518. The van der Waals surface area contributed by atoms with Gasteiger partial charge in [-0.05, 0) is 23.6 Å². The molecule has 4 heteroatoms. The molecule has 0 spiro atoms. The van der Waals surface area contributed by atoms with Crippen LogP contribution < -0.4 is 0 Å². The van der Waals surface area contributed by atoms with Gasteiger partial charge in [-0.15, -0.1) is 5.10 Å². The lowest BCUT2D eigenvalue weighted by Gasteiger charge is -2.01. The van der Waals surface area contributed by atoms with Crippen molar-refractivity contribution in [1.29, 1.82) is 0 Å². The van der Waals surface area contributed by atoms with E-state index < -0.39 is 5.95 Å². The highest BCUT2D eigenvalue weighted by atomic mass is 19.1. The van der Waals surface area contributed by atoms with Gasteiger partial charge in [0.25, 0.3) is 0 Å². The Morgan fingerprint density at radius 1 is 1.29 bits per heavy atom. The Kier molecular flexibility index (Phi) is 3.22. The molecule has 0 N–H and O–H groups in total. The number of halogens is 2. The second kappa shape index (κ2) is 4.65. The van der Waals surface area contributed by atoms with Gasteiger partial charge in [0.2, 0.25) is 5.95 Å². The minimum absolute atomic E-state index is 0.0938. The van der Waals surface area contributed by atoms with Gasteiger partial charge >= 0.3 is 0 Å². The maximum atomic E-state index is 13.4. The van der Waals surface area contributed by atoms with Crippen molar-refractivity contribution in [2.24, 2.45) is 0 Å². The fourth-order valence-corrected chi connectivity index (χ4v) is 1.70. The van der Waals surface area contributed by atoms with Crippen molar-refractivity contribution in [2.45, 2.75) is 26.3 Å². The SMILES string of the molecule is CC(C)c1cn(Cc2cccc(F)c2)nc1F. The number of benzene rings is 1. The van der Waals surface area contributed by atoms with E-state index in [1.807, 2.05) is 13.8 Å². The van der Waals surface area contributed by atoms with Crippen LogP contribution in [0.5, 0.6) is 0 Å². The third-order valence-electron chi connectivity index (χ3n) is 2.60. The van der Waals surface area contributed by atoms with E-state index in [-0.39, 0.29) is 11.7 Å². The van der Waals surface area contributed by atoms with Crippen LogP contribution in [-0.2, 0) is 6.54 Å². The molecule has 0 unspecified atom stereocenters. The summed E-state index contributed by atoms with van der Waals surface area (Å²) in [6.45, 7) is 4.20. The van der Waals surface area contributed by atoms with Crippen molar-refractivity contribution in [3.8, 4) is 0 Å². The Morgan fingerprint density at radius 2 is 2.06 bits per heavy atom. The molecule has 2 rings (SSSR count). The molecular weight excluding hydrogens is 222 g/mol. The Labute approximate surface area is 98.9 Å². The molecule has 0 radical (unpaired) electrons. The Hall–Kier alpha value is -1.71. The zero-order chi connectivity index (χ0) is 12.4. The molecule has 90 valence electrons. The first-order valence-electron chi connectivity index (χ1n) is 5.53. The average Bonchev–Trinajstić information content (AvgIpc) is 2.59. The van der Waals surface area contributed by atoms with E-state index in [9.17, 15) is 8.78 Å². The summed E-state index contributed by atoms with van der Waals surface area (Å²) in [6.07, 6.45) is 1.67. The lowest BCUT2D eigenvalue weighted by atomic mass is 10.1. The van der Waals surface area contributed by atoms with Crippen LogP contribution in [0.25, 0.3) is 0 Å². The first-order chi connectivity index (χ1) is 8.06. The molecule has 1 aromatic heterocycles. The van der Waals surface area contributed by atoms with Gasteiger partial charge in [0.05, 0.1) is 6.54 Å². The van der Waals surface area contributed by atoms with E-state index in [0.29, 0.717) is 12.1 Å². The fraction of sp³-hybridized carbons (Fsp3) is 0.308. The molecule has 0 aliphatic rings. The van der Waals surface area contributed by atoms with Crippen LogP contribution in [0, 0.1) is 11.8 Å². The highest BCUT2D eigenvalue weighted by Crippen LogP contribution is 2.17. The van der Waals surface area contributed by atoms with E-state index in [4.69, 9.17) is 0 Å². The predicted molar refractivity (Wildman–Crippen MR) is 61.8 cm³/mol. The first-order valence-corrected chi connectivity index (χ1v) is 5.53. The summed E-state index contributed by atoms with van der Waals surface area (Å²) in [7, 11) is 0. The molecule has 0 aliphatic carbocycles. The van der Waals surface area contributed by atoms with E-state index >= 15 is 0 Å². The maximum absolute atomic E-state index is 13.4. The Balaban J connectivity index is 2.22.